The van der Waals surface area contributed by atoms with E-state index < -0.39 is 59.6 Å². The number of likely N-dealkylation sites (N-methyl/N-ethyl adjacent to an activating group) is 1. The lowest BCUT2D eigenvalue weighted by molar-refractivity contribution is -0.145. The van der Waals surface area contributed by atoms with E-state index in [1.54, 1.807) is 20.8 Å². The van der Waals surface area contributed by atoms with Crippen LogP contribution in [0.1, 0.15) is 72.4 Å². The van der Waals surface area contributed by atoms with Crippen LogP contribution in [-0.4, -0.2) is 107 Å². The molecule has 1 rings (SSSR count). The monoisotopic (exact) mass is 625 g/mol. The van der Waals surface area contributed by atoms with E-state index in [4.69, 9.17) is 15.2 Å². The molecular weight excluding hydrogens is 574 g/mol. The third-order valence-corrected chi connectivity index (χ3v) is 6.45. The number of methoxy groups -OCH3 is 1. The average molecular weight is 626 g/mol. The summed E-state index contributed by atoms with van der Waals surface area (Å²) in [4.78, 5) is 71.0. The topological polar surface area (TPSA) is 218 Å². The van der Waals surface area contributed by atoms with Gasteiger partial charge in [-0.2, -0.15) is 0 Å². The number of H-pyrrole nitrogens is 1. The van der Waals surface area contributed by atoms with Crippen LogP contribution in [0.3, 0.4) is 0 Å². The predicted octanol–water partition coefficient (Wildman–Crippen LogP) is 0.373. The Bertz CT molecular complexity index is 1060. The number of aliphatic hydroxyl groups excluding tert-OH is 1. The van der Waals surface area contributed by atoms with Gasteiger partial charge in [-0.15, -0.1) is 0 Å². The van der Waals surface area contributed by atoms with E-state index in [0.29, 0.717) is 31.5 Å². The van der Waals surface area contributed by atoms with E-state index in [0.717, 1.165) is 4.90 Å². The Balaban J connectivity index is 2.79. The van der Waals surface area contributed by atoms with Crippen LogP contribution in [0.4, 0.5) is 4.79 Å². The van der Waals surface area contributed by atoms with Gasteiger partial charge in [-0.3, -0.25) is 14.4 Å². The number of aromatic amines is 1. The fourth-order valence-electron chi connectivity index (χ4n) is 4.20. The van der Waals surface area contributed by atoms with Gasteiger partial charge < -0.3 is 46.1 Å². The summed E-state index contributed by atoms with van der Waals surface area (Å²) in [6.07, 6.45) is 2.84. The molecular formula is C29H51N7O8. The van der Waals surface area contributed by atoms with Crippen LogP contribution in [0.25, 0.3) is 0 Å². The molecule has 0 saturated carbocycles. The highest BCUT2D eigenvalue weighted by atomic mass is 16.6. The Labute approximate surface area is 259 Å². The maximum atomic E-state index is 13.3. The lowest BCUT2D eigenvalue weighted by Gasteiger charge is -2.25. The Morgan fingerprint density at radius 1 is 1.11 bits per heavy atom. The Morgan fingerprint density at radius 3 is 2.36 bits per heavy atom. The van der Waals surface area contributed by atoms with Crippen LogP contribution < -0.4 is 21.7 Å². The first-order valence-electron chi connectivity index (χ1n) is 14.8. The second-order valence-corrected chi connectivity index (χ2v) is 12.2. The summed E-state index contributed by atoms with van der Waals surface area (Å²) in [6.45, 7) is 9.13. The number of hydrogen-bond donors (Lipinski definition) is 6. The molecule has 250 valence electrons. The zero-order chi connectivity index (χ0) is 33.4. The molecule has 1 aromatic rings. The van der Waals surface area contributed by atoms with E-state index in [1.165, 1.54) is 26.7 Å². The van der Waals surface area contributed by atoms with Crippen molar-refractivity contribution in [2.75, 3.05) is 27.2 Å². The number of carbonyl (C=O) groups is 5. The number of nitrogens with one attached hydrogen (secondary N) is 4. The first-order valence-corrected chi connectivity index (χ1v) is 14.8. The highest BCUT2D eigenvalue weighted by Gasteiger charge is 2.29. The fourth-order valence-corrected chi connectivity index (χ4v) is 4.20. The van der Waals surface area contributed by atoms with Gasteiger partial charge in [0.2, 0.25) is 17.7 Å². The van der Waals surface area contributed by atoms with Crippen molar-refractivity contribution in [3.8, 4) is 0 Å². The van der Waals surface area contributed by atoms with Crippen LogP contribution in [0, 0.1) is 5.92 Å². The molecule has 0 aliphatic heterocycles. The Morgan fingerprint density at radius 2 is 1.80 bits per heavy atom. The molecule has 0 aromatic carbocycles. The maximum Gasteiger partial charge on any atom is 0.407 e. The lowest BCUT2D eigenvalue weighted by Crippen LogP contribution is -2.54. The van der Waals surface area contributed by atoms with Crippen molar-refractivity contribution in [1.29, 1.82) is 0 Å². The van der Waals surface area contributed by atoms with Gasteiger partial charge in [0.05, 0.1) is 32.5 Å². The lowest BCUT2D eigenvalue weighted by atomic mass is 9.98. The number of alkyl carbamates (subject to hydrolysis) is 1. The molecule has 0 aliphatic carbocycles. The normalized spacial score (nSPS) is 14.1. The van der Waals surface area contributed by atoms with Crippen LogP contribution in [0.5, 0.6) is 0 Å². The number of nitrogens with zero attached hydrogens (tertiary/aromatic N) is 2. The smallest absolute Gasteiger partial charge is 0.407 e. The summed E-state index contributed by atoms with van der Waals surface area (Å²) >= 11 is 0. The number of carbonyl (C=O) groups excluding carboxylic acids is 5. The van der Waals surface area contributed by atoms with Crippen molar-refractivity contribution >= 4 is 29.8 Å². The number of imidazole rings is 1. The predicted molar refractivity (Wildman–Crippen MR) is 162 cm³/mol. The molecule has 4 amide bonds. The number of amides is 4. The first-order chi connectivity index (χ1) is 20.5. The molecule has 0 radical (unpaired) electrons. The van der Waals surface area contributed by atoms with Crippen molar-refractivity contribution in [2.24, 2.45) is 11.7 Å². The van der Waals surface area contributed by atoms with Gasteiger partial charge in [0, 0.05) is 37.9 Å². The highest BCUT2D eigenvalue weighted by Crippen LogP contribution is 2.11. The number of hydrogen-bond acceptors (Lipinski definition) is 10. The number of rotatable bonds is 18. The fraction of sp³-hybridized carbons (Fsp3) is 0.724. The van der Waals surface area contributed by atoms with Crippen LogP contribution in [0.15, 0.2) is 12.5 Å². The molecule has 0 aliphatic rings. The van der Waals surface area contributed by atoms with E-state index in [-0.39, 0.29) is 31.7 Å². The van der Waals surface area contributed by atoms with Gasteiger partial charge >= 0.3 is 12.1 Å². The quantitative estimate of drug-likeness (QED) is 0.0972. The SMILES string of the molecule is COC(=O)[C@H](CCCCNC(=O)OC(C)(C)C)NC(=O)[C@H](Cc1cnc[nH]1)NC(=O)CN(C)C(=O)C[C@H](O)[C@@H](N)CC(C)C. The van der Waals surface area contributed by atoms with Gasteiger partial charge in [-0.25, -0.2) is 14.6 Å². The molecule has 7 N–H and O–H groups in total. The minimum absolute atomic E-state index is 0.0334. The number of nitrogens with two attached hydrogens (primary N) is 1. The van der Waals surface area contributed by atoms with Crippen molar-refractivity contribution < 1.29 is 38.6 Å². The molecule has 1 aromatic heterocycles. The summed E-state index contributed by atoms with van der Waals surface area (Å²) in [6, 6.07) is -2.69. The first kappa shape index (κ1) is 38.3. The number of aromatic nitrogens is 2. The van der Waals surface area contributed by atoms with Gasteiger partial charge in [-0.05, 0) is 52.4 Å². The molecule has 0 bridgehead atoms. The van der Waals surface area contributed by atoms with Gasteiger partial charge in [-0.1, -0.05) is 13.8 Å². The van der Waals surface area contributed by atoms with Gasteiger partial charge in [0.1, 0.15) is 17.7 Å². The van der Waals surface area contributed by atoms with Gasteiger partial charge in [0.15, 0.2) is 0 Å². The minimum Gasteiger partial charge on any atom is -0.467 e. The van der Waals surface area contributed by atoms with Crippen molar-refractivity contribution in [3.63, 3.8) is 0 Å². The molecule has 44 heavy (non-hydrogen) atoms. The second kappa shape index (κ2) is 18.8. The summed E-state index contributed by atoms with van der Waals surface area (Å²) in [5.74, 6) is -2.15. The molecule has 15 nitrogen and oxygen atoms in total. The summed E-state index contributed by atoms with van der Waals surface area (Å²) < 4.78 is 10.0. The molecule has 0 unspecified atom stereocenters. The minimum atomic E-state index is -1.11. The van der Waals surface area contributed by atoms with Crippen LogP contribution in [0.2, 0.25) is 0 Å². The number of aliphatic hydroxyl groups is 1. The number of ether oxygens (including phenoxy) is 2. The molecule has 0 saturated heterocycles. The largest absolute Gasteiger partial charge is 0.467 e. The van der Waals surface area contributed by atoms with Crippen molar-refractivity contribution in [3.05, 3.63) is 18.2 Å². The average Bonchev–Trinajstić information content (AvgIpc) is 3.42. The Kier molecular flexibility index (Phi) is 16.4. The van der Waals surface area contributed by atoms with E-state index in [9.17, 15) is 29.1 Å². The summed E-state index contributed by atoms with van der Waals surface area (Å²) in [5.41, 5.74) is 5.90. The molecule has 15 heteroatoms. The highest BCUT2D eigenvalue weighted by molar-refractivity contribution is 5.92. The Hall–Kier alpha value is -3.72. The molecule has 0 fully saturated rings. The number of esters is 1. The van der Waals surface area contributed by atoms with E-state index in [2.05, 4.69) is 25.9 Å². The summed E-state index contributed by atoms with van der Waals surface area (Å²) in [7, 11) is 2.62. The third kappa shape index (κ3) is 15.7. The van der Waals surface area contributed by atoms with E-state index >= 15 is 0 Å². The zero-order valence-electron chi connectivity index (χ0n) is 27.0. The second-order valence-electron chi connectivity index (χ2n) is 12.2. The molecule has 4 atom stereocenters. The molecule has 0 spiro atoms. The van der Waals surface area contributed by atoms with Crippen LogP contribution >= 0.6 is 0 Å². The third-order valence-electron chi connectivity index (χ3n) is 6.45. The number of unbranched alkanes of at least 4 members (excludes halogenated alkanes) is 1. The van der Waals surface area contributed by atoms with Crippen molar-refractivity contribution in [2.45, 2.75) is 103 Å². The van der Waals surface area contributed by atoms with Crippen molar-refractivity contribution in [1.82, 2.24) is 30.8 Å². The maximum absolute atomic E-state index is 13.3. The van der Waals surface area contributed by atoms with E-state index in [1.807, 2.05) is 13.8 Å². The van der Waals surface area contributed by atoms with Gasteiger partial charge in [0.25, 0.3) is 0 Å². The molecule has 1 heterocycles. The standard InChI is InChI=1S/C29H51N7O8/c1-18(2)12-20(30)23(37)14-25(39)36(6)16-24(38)34-22(13-19-15-31-17-33-19)26(40)35-21(27(41)43-7)10-8-9-11-32-28(42)44-29(3,4)5/h15,17-18,20-23,37H,8-14,16,30H2,1-7H3,(H,31,33)(H,32,42)(H,34,38)(H,35,40)/t20-,21-,22-,23-/m0/s1. The van der Waals surface area contributed by atoms with Crippen LogP contribution in [-0.2, 0) is 35.1 Å². The summed E-state index contributed by atoms with van der Waals surface area (Å²) in [5, 5.41) is 18.2. The zero-order valence-corrected chi connectivity index (χ0v) is 27.0.